The third kappa shape index (κ3) is 4.31. The van der Waals surface area contributed by atoms with Gasteiger partial charge in [0.1, 0.15) is 11.4 Å². The van der Waals surface area contributed by atoms with Crippen LogP contribution in [0.2, 0.25) is 0 Å². The van der Waals surface area contributed by atoms with Gasteiger partial charge in [0.05, 0.1) is 42.5 Å². The molecule has 5 fully saturated rings. The molecule has 9 heteroatoms. The van der Waals surface area contributed by atoms with Crippen LogP contribution in [-0.2, 0) is 9.53 Å². The number of Topliss-reactive ketones (excluding diaryl/α,β-unsaturated/α-hetero) is 1. The van der Waals surface area contributed by atoms with Crippen LogP contribution in [0.15, 0.2) is 0 Å². The minimum absolute atomic E-state index is 0.0145. The van der Waals surface area contributed by atoms with Gasteiger partial charge in [0, 0.05) is 25.6 Å². The molecule has 0 aromatic heterocycles. The zero-order valence-electron chi connectivity index (χ0n) is 22.8. The maximum Gasteiger partial charge on any atom is 0.138 e. The molecule has 17 atom stereocenters. The van der Waals surface area contributed by atoms with Gasteiger partial charge in [-0.3, -0.25) is 4.79 Å². The molecular formula is C29H48O9. The highest BCUT2D eigenvalue weighted by molar-refractivity contribution is 5.80. The highest BCUT2D eigenvalue weighted by Gasteiger charge is 2.67. The molecule has 0 radical (unpaired) electrons. The van der Waals surface area contributed by atoms with E-state index in [0.29, 0.717) is 12.8 Å². The van der Waals surface area contributed by atoms with Gasteiger partial charge in [-0.1, -0.05) is 6.92 Å². The number of hydrogen-bond donors (Lipinski definition) is 7. The highest BCUT2D eigenvalue weighted by Crippen LogP contribution is 2.60. The van der Waals surface area contributed by atoms with Crippen LogP contribution in [0.25, 0.3) is 0 Å². The van der Waals surface area contributed by atoms with Crippen molar-refractivity contribution < 1.29 is 45.3 Å². The summed E-state index contributed by atoms with van der Waals surface area (Å²) in [5.74, 6) is -3.20. The van der Waals surface area contributed by atoms with Gasteiger partial charge in [-0.2, -0.15) is 0 Å². The number of carbonyl (C=O) groups is 1. The topological polar surface area (TPSA) is 168 Å². The molecule has 0 spiro atoms. The van der Waals surface area contributed by atoms with Gasteiger partial charge < -0.3 is 40.5 Å². The molecule has 218 valence electrons. The summed E-state index contributed by atoms with van der Waals surface area (Å²) in [6, 6.07) is 0. The zero-order chi connectivity index (χ0) is 27.7. The molecular weight excluding hydrogens is 492 g/mol. The number of ether oxygens (including phenoxy) is 1. The Morgan fingerprint density at radius 2 is 1.58 bits per heavy atom. The molecule has 5 aliphatic rings. The van der Waals surface area contributed by atoms with E-state index in [-0.39, 0.29) is 54.6 Å². The minimum atomic E-state index is -2.02. The Bertz CT molecular complexity index is 869. The maximum atomic E-state index is 12.2. The predicted molar refractivity (Wildman–Crippen MR) is 136 cm³/mol. The van der Waals surface area contributed by atoms with Gasteiger partial charge in [-0.25, -0.2) is 0 Å². The quantitative estimate of drug-likeness (QED) is 0.262. The second-order valence-corrected chi connectivity index (χ2v) is 13.6. The highest BCUT2D eigenvalue weighted by atomic mass is 16.5. The van der Waals surface area contributed by atoms with Gasteiger partial charge in [0.15, 0.2) is 0 Å². The van der Waals surface area contributed by atoms with E-state index >= 15 is 0 Å². The second-order valence-electron chi connectivity index (χ2n) is 13.6. The molecule has 38 heavy (non-hydrogen) atoms. The number of fused-ring (bicyclic) bond motifs is 3. The minimum Gasteiger partial charge on any atom is -0.396 e. The molecule has 7 N–H and O–H groups in total. The van der Waals surface area contributed by atoms with Crippen LogP contribution in [0.3, 0.4) is 0 Å². The fourth-order valence-electron chi connectivity index (χ4n) is 10.1. The van der Waals surface area contributed by atoms with E-state index in [1.165, 1.54) is 6.92 Å². The van der Waals surface area contributed by atoms with E-state index in [4.69, 9.17) is 4.74 Å². The van der Waals surface area contributed by atoms with E-state index in [1.54, 1.807) is 7.11 Å². The van der Waals surface area contributed by atoms with Crippen molar-refractivity contribution in [2.75, 3.05) is 13.7 Å². The number of hydrogen-bond acceptors (Lipinski definition) is 9. The molecule has 5 aliphatic carbocycles. The van der Waals surface area contributed by atoms with E-state index in [1.807, 2.05) is 6.92 Å². The van der Waals surface area contributed by atoms with Crippen molar-refractivity contribution in [1.82, 2.24) is 0 Å². The fraction of sp³-hybridized carbons (Fsp3) is 0.966. The third-order valence-corrected chi connectivity index (χ3v) is 11.9. The number of ketones is 1. The number of methoxy groups -OCH3 is 1. The summed E-state index contributed by atoms with van der Waals surface area (Å²) < 4.78 is 5.92. The second kappa shape index (κ2) is 10.6. The Hall–Kier alpha value is -0.650. The average molecular weight is 541 g/mol. The van der Waals surface area contributed by atoms with Gasteiger partial charge in [-0.05, 0) is 93.3 Å². The molecule has 0 heterocycles. The van der Waals surface area contributed by atoms with E-state index < -0.39 is 65.6 Å². The van der Waals surface area contributed by atoms with Crippen molar-refractivity contribution in [2.24, 2.45) is 59.2 Å². The van der Waals surface area contributed by atoms with Crippen LogP contribution in [0, 0.1) is 59.2 Å². The number of rotatable bonds is 4. The van der Waals surface area contributed by atoms with Gasteiger partial charge in [0.25, 0.3) is 0 Å². The SMILES string of the molecule is COC1CCC(CO)CC1C1CC(C)C(O)C2C(O)C3C(O)[C@]4(O)C(O)C(C(C)=O)C(O)C[C@@H]4C[C@@H]3CC12. The molecule has 0 bridgehead atoms. The lowest BCUT2D eigenvalue weighted by Crippen LogP contribution is -2.73. The Morgan fingerprint density at radius 1 is 0.868 bits per heavy atom. The van der Waals surface area contributed by atoms with Crippen LogP contribution in [0.4, 0.5) is 0 Å². The lowest BCUT2D eigenvalue weighted by atomic mass is 9.46. The molecule has 14 unspecified atom stereocenters. The van der Waals surface area contributed by atoms with Gasteiger partial charge in [0.2, 0.25) is 0 Å². The summed E-state index contributed by atoms with van der Waals surface area (Å²) >= 11 is 0. The van der Waals surface area contributed by atoms with Crippen LogP contribution in [0.1, 0.15) is 58.8 Å². The monoisotopic (exact) mass is 540 g/mol. The fourth-order valence-corrected chi connectivity index (χ4v) is 10.1. The summed E-state index contributed by atoms with van der Waals surface area (Å²) in [6.45, 7) is 3.39. The summed E-state index contributed by atoms with van der Waals surface area (Å²) in [4.78, 5) is 12.2. The zero-order valence-corrected chi connectivity index (χ0v) is 22.8. The Morgan fingerprint density at radius 3 is 2.21 bits per heavy atom. The number of aliphatic hydroxyl groups is 7. The van der Waals surface area contributed by atoms with Crippen molar-refractivity contribution in [2.45, 2.75) is 101 Å². The van der Waals surface area contributed by atoms with Crippen molar-refractivity contribution in [1.29, 1.82) is 0 Å². The van der Waals surface area contributed by atoms with Crippen LogP contribution in [0.5, 0.6) is 0 Å². The summed E-state index contributed by atoms with van der Waals surface area (Å²) in [6.07, 6.45) is -1.48. The first-order valence-electron chi connectivity index (χ1n) is 14.7. The molecule has 0 aromatic carbocycles. The van der Waals surface area contributed by atoms with E-state index in [0.717, 1.165) is 25.7 Å². The Balaban J connectivity index is 1.47. The van der Waals surface area contributed by atoms with Crippen LogP contribution >= 0.6 is 0 Å². The smallest absolute Gasteiger partial charge is 0.138 e. The molecule has 0 saturated heterocycles. The summed E-state index contributed by atoms with van der Waals surface area (Å²) in [5.41, 5.74) is -2.02. The predicted octanol–water partition coefficient (Wildman–Crippen LogP) is 0.0989. The molecule has 0 amide bonds. The lowest BCUT2D eigenvalue weighted by Gasteiger charge is -2.63. The average Bonchev–Trinajstić information content (AvgIpc) is 2.87. The molecule has 5 saturated carbocycles. The first kappa shape index (κ1) is 28.9. The first-order valence-corrected chi connectivity index (χ1v) is 14.7. The Labute approximate surface area is 225 Å². The lowest BCUT2D eigenvalue weighted by molar-refractivity contribution is -0.288. The largest absolute Gasteiger partial charge is 0.396 e. The summed E-state index contributed by atoms with van der Waals surface area (Å²) in [5, 5.41) is 78.2. The van der Waals surface area contributed by atoms with Gasteiger partial charge in [-0.15, -0.1) is 0 Å². The Kier molecular flexibility index (Phi) is 8.08. The molecule has 0 aliphatic heterocycles. The van der Waals surface area contributed by atoms with E-state index in [9.17, 15) is 40.5 Å². The maximum absolute atomic E-state index is 12.2. The number of aliphatic hydroxyl groups excluding tert-OH is 6. The third-order valence-electron chi connectivity index (χ3n) is 11.9. The summed E-state index contributed by atoms with van der Waals surface area (Å²) in [7, 11) is 1.73. The van der Waals surface area contributed by atoms with Crippen molar-refractivity contribution in [3.63, 3.8) is 0 Å². The van der Waals surface area contributed by atoms with Crippen molar-refractivity contribution >= 4 is 5.78 Å². The van der Waals surface area contributed by atoms with Crippen molar-refractivity contribution in [3.8, 4) is 0 Å². The molecule has 0 aromatic rings. The van der Waals surface area contributed by atoms with E-state index in [2.05, 4.69) is 0 Å². The normalized spacial score (nSPS) is 56.9. The number of carbonyl (C=O) groups excluding carboxylic acids is 1. The van der Waals surface area contributed by atoms with Crippen molar-refractivity contribution in [3.05, 3.63) is 0 Å². The van der Waals surface area contributed by atoms with Crippen LogP contribution < -0.4 is 0 Å². The standard InChI is InChI=1S/C29H48O9/c1-12-6-17(18-7-14(11-30)4-5-21(18)38-3)19-9-15-8-16-10-20(32)22(13(2)31)27(35)29(16,37)28(36)23(15)26(34)24(19)25(12)33/h12,14-28,30,32-37H,4-11H2,1-3H3/t12?,14?,15-,16+,17?,18?,19?,20?,21?,22?,23?,24?,25?,26?,27?,28?,29-/m1/s1. The molecule has 9 nitrogen and oxygen atoms in total. The molecule has 5 rings (SSSR count). The first-order chi connectivity index (χ1) is 17.9. The van der Waals surface area contributed by atoms with Crippen LogP contribution in [-0.4, -0.2) is 97.5 Å². The van der Waals surface area contributed by atoms with Gasteiger partial charge >= 0.3 is 0 Å².